The second-order valence-corrected chi connectivity index (χ2v) is 5.12. The van der Waals surface area contributed by atoms with E-state index in [4.69, 9.17) is 5.41 Å². The average molecular weight is 290 g/mol. The molecule has 2 aromatic carbocycles. The van der Waals surface area contributed by atoms with E-state index >= 15 is 0 Å². The highest BCUT2D eigenvalue weighted by Crippen LogP contribution is 2.19. The van der Waals surface area contributed by atoms with Gasteiger partial charge in [-0.25, -0.2) is 4.98 Å². The summed E-state index contributed by atoms with van der Waals surface area (Å²) in [7, 11) is 1.90. The number of aryl methyl sites for hydroxylation is 1. The second kappa shape index (κ2) is 6.26. The molecule has 1 heterocycles. The Bertz CT molecular complexity index is 775. The zero-order valence-corrected chi connectivity index (χ0v) is 12.5. The molecule has 1 aromatic heterocycles. The van der Waals surface area contributed by atoms with Crippen molar-refractivity contribution in [2.24, 2.45) is 7.05 Å². The number of imidazole rings is 1. The van der Waals surface area contributed by atoms with Crippen LogP contribution in [0.3, 0.4) is 0 Å². The van der Waals surface area contributed by atoms with E-state index in [0.29, 0.717) is 11.5 Å². The van der Waals surface area contributed by atoms with E-state index in [9.17, 15) is 0 Å². The van der Waals surface area contributed by atoms with Gasteiger partial charge in [0.2, 0.25) is 0 Å². The molecule has 0 amide bonds. The van der Waals surface area contributed by atoms with Crippen LogP contribution in [0.5, 0.6) is 0 Å². The standard InChI is InChI=1S/C18H18N4/c1-22-12-11-20-18(22)17(19)15-9-5-6-10-16(15)21-13-14-7-3-2-4-8-14/h2-12,19,21H,13H2,1H3. The van der Waals surface area contributed by atoms with Gasteiger partial charge < -0.3 is 9.88 Å². The molecular weight excluding hydrogens is 272 g/mol. The molecule has 4 heteroatoms. The molecule has 0 saturated heterocycles. The Morgan fingerprint density at radius 1 is 1.09 bits per heavy atom. The summed E-state index contributed by atoms with van der Waals surface area (Å²) in [5.41, 5.74) is 3.43. The summed E-state index contributed by atoms with van der Waals surface area (Å²) >= 11 is 0. The third kappa shape index (κ3) is 2.91. The topological polar surface area (TPSA) is 53.7 Å². The predicted molar refractivity (Wildman–Crippen MR) is 89.3 cm³/mol. The van der Waals surface area contributed by atoms with Crippen LogP contribution < -0.4 is 5.32 Å². The highest BCUT2D eigenvalue weighted by atomic mass is 15.0. The molecule has 4 nitrogen and oxygen atoms in total. The summed E-state index contributed by atoms with van der Waals surface area (Å²) in [6, 6.07) is 18.1. The van der Waals surface area contributed by atoms with Gasteiger partial charge in [0.1, 0.15) is 5.71 Å². The highest BCUT2D eigenvalue weighted by molar-refractivity contribution is 6.12. The summed E-state index contributed by atoms with van der Waals surface area (Å²) in [5, 5.41) is 11.8. The highest BCUT2D eigenvalue weighted by Gasteiger charge is 2.13. The van der Waals surface area contributed by atoms with Crippen LogP contribution >= 0.6 is 0 Å². The van der Waals surface area contributed by atoms with Crippen molar-refractivity contribution in [3.05, 3.63) is 83.9 Å². The lowest BCUT2D eigenvalue weighted by Gasteiger charge is -2.13. The second-order valence-electron chi connectivity index (χ2n) is 5.12. The maximum atomic E-state index is 8.43. The summed E-state index contributed by atoms with van der Waals surface area (Å²) in [6.45, 7) is 0.728. The van der Waals surface area contributed by atoms with Crippen molar-refractivity contribution in [2.45, 2.75) is 6.54 Å². The molecule has 2 N–H and O–H groups in total. The molecule has 3 aromatic rings. The fourth-order valence-corrected chi connectivity index (χ4v) is 2.38. The van der Waals surface area contributed by atoms with Crippen molar-refractivity contribution < 1.29 is 0 Å². The number of nitrogens with one attached hydrogen (secondary N) is 2. The van der Waals surface area contributed by atoms with Gasteiger partial charge in [-0.05, 0) is 11.6 Å². The lowest BCUT2D eigenvalue weighted by Crippen LogP contribution is -2.12. The van der Waals surface area contributed by atoms with Gasteiger partial charge in [-0.2, -0.15) is 0 Å². The SMILES string of the molecule is Cn1ccnc1C(=N)c1ccccc1NCc1ccccc1. The van der Waals surface area contributed by atoms with Crippen LogP contribution in [-0.2, 0) is 13.6 Å². The van der Waals surface area contributed by atoms with Crippen molar-refractivity contribution in [1.29, 1.82) is 5.41 Å². The Balaban J connectivity index is 1.84. The van der Waals surface area contributed by atoms with Crippen LogP contribution in [0.15, 0.2) is 67.0 Å². The number of benzene rings is 2. The van der Waals surface area contributed by atoms with Gasteiger partial charge in [0.15, 0.2) is 5.82 Å². The van der Waals surface area contributed by atoms with Gasteiger partial charge in [0.25, 0.3) is 0 Å². The van der Waals surface area contributed by atoms with Crippen LogP contribution in [-0.4, -0.2) is 15.3 Å². The first kappa shape index (κ1) is 14.1. The number of hydrogen-bond acceptors (Lipinski definition) is 3. The van der Waals surface area contributed by atoms with Crippen molar-refractivity contribution in [2.75, 3.05) is 5.32 Å². The molecule has 0 unspecified atom stereocenters. The number of nitrogens with zero attached hydrogens (tertiary/aromatic N) is 2. The Labute approximate surface area is 130 Å². The monoisotopic (exact) mass is 290 g/mol. The predicted octanol–water partition coefficient (Wildman–Crippen LogP) is 3.45. The van der Waals surface area contributed by atoms with Crippen LogP contribution in [0, 0.1) is 5.41 Å². The average Bonchev–Trinajstić information content (AvgIpc) is 2.99. The third-order valence-electron chi connectivity index (χ3n) is 3.57. The molecule has 0 aliphatic rings. The van der Waals surface area contributed by atoms with Crippen molar-refractivity contribution >= 4 is 11.4 Å². The van der Waals surface area contributed by atoms with E-state index in [1.165, 1.54) is 5.56 Å². The molecule has 0 radical (unpaired) electrons. The summed E-state index contributed by atoms with van der Waals surface area (Å²) in [5.74, 6) is 0.661. The van der Waals surface area contributed by atoms with Crippen LogP contribution in [0.25, 0.3) is 0 Å². The smallest absolute Gasteiger partial charge is 0.158 e. The minimum Gasteiger partial charge on any atom is -0.380 e. The third-order valence-corrected chi connectivity index (χ3v) is 3.57. The number of hydrogen-bond donors (Lipinski definition) is 2. The first-order valence-corrected chi connectivity index (χ1v) is 7.19. The molecule has 0 atom stereocenters. The molecule has 0 spiro atoms. The molecule has 0 saturated carbocycles. The summed E-state index contributed by atoms with van der Waals surface area (Å²) in [6.07, 6.45) is 3.56. The Morgan fingerprint density at radius 2 is 1.82 bits per heavy atom. The van der Waals surface area contributed by atoms with Gasteiger partial charge in [-0.15, -0.1) is 0 Å². The molecule has 110 valence electrons. The van der Waals surface area contributed by atoms with E-state index in [-0.39, 0.29) is 0 Å². The number of aromatic nitrogens is 2. The molecule has 0 aliphatic heterocycles. The quantitative estimate of drug-likeness (QED) is 0.707. The maximum Gasteiger partial charge on any atom is 0.158 e. The van der Waals surface area contributed by atoms with Gasteiger partial charge in [0.05, 0.1) is 0 Å². The Hall–Kier alpha value is -2.88. The van der Waals surface area contributed by atoms with Gasteiger partial charge in [-0.3, -0.25) is 5.41 Å². The Kier molecular flexibility index (Phi) is 4.01. The zero-order chi connectivity index (χ0) is 15.4. The molecule has 0 bridgehead atoms. The maximum absolute atomic E-state index is 8.43. The Morgan fingerprint density at radius 3 is 2.55 bits per heavy atom. The largest absolute Gasteiger partial charge is 0.380 e. The van der Waals surface area contributed by atoms with E-state index in [2.05, 4.69) is 22.4 Å². The van der Waals surface area contributed by atoms with Crippen LogP contribution in [0.2, 0.25) is 0 Å². The summed E-state index contributed by atoms with van der Waals surface area (Å²) < 4.78 is 1.86. The number of para-hydroxylation sites is 1. The minimum atomic E-state index is 0.420. The molecular formula is C18H18N4. The zero-order valence-electron chi connectivity index (χ0n) is 12.5. The minimum absolute atomic E-state index is 0.420. The number of rotatable bonds is 5. The lowest BCUT2D eigenvalue weighted by molar-refractivity contribution is 0.895. The fraction of sp³-hybridized carbons (Fsp3) is 0.111. The van der Waals surface area contributed by atoms with E-state index < -0.39 is 0 Å². The van der Waals surface area contributed by atoms with Crippen LogP contribution in [0.1, 0.15) is 17.0 Å². The first-order chi connectivity index (χ1) is 10.8. The van der Waals surface area contributed by atoms with Gasteiger partial charge >= 0.3 is 0 Å². The van der Waals surface area contributed by atoms with E-state index in [0.717, 1.165) is 17.8 Å². The van der Waals surface area contributed by atoms with Crippen LogP contribution in [0.4, 0.5) is 5.69 Å². The molecule has 0 aliphatic carbocycles. The van der Waals surface area contributed by atoms with E-state index in [1.54, 1.807) is 6.20 Å². The van der Waals surface area contributed by atoms with E-state index in [1.807, 2.05) is 60.3 Å². The van der Waals surface area contributed by atoms with Crippen molar-refractivity contribution in [3.8, 4) is 0 Å². The first-order valence-electron chi connectivity index (χ1n) is 7.19. The number of anilines is 1. The molecule has 22 heavy (non-hydrogen) atoms. The van der Waals surface area contributed by atoms with Crippen molar-refractivity contribution in [1.82, 2.24) is 9.55 Å². The molecule has 3 rings (SSSR count). The summed E-state index contributed by atoms with van der Waals surface area (Å²) in [4.78, 5) is 4.26. The van der Waals surface area contributed by atoms with Gasteiger partial charge in [-0.1, -0.05) is 48.5 Å². The van der Waals surface area contributed by atoms with Gasteiger partial charge in [0, 0.05) is 37.2 Å². The fourth-order valence-electron chi connectivity index (χ4n) is 2.38. The lowest BCUT2D eigenvalue weighted by atomic mass is 10.1. The van der Waals surface area contributed by atoms with Crippen molar-refractivity contribution in [3.63, 3.8) is 0 Å². The molecule has 0 fully saturated rings. The normalized spacial score (nSPS) is 10.4.